The summed E-state index contributed by atoms with van der Waals surface area (Å²) in [5.74, 6) is -0.877. The lowest BCUT2D eigenvalue weighted by Crippen LogP contribution is -2.30. The smallest absolute Gasteiger partial charge is 0.306 e. The highest BCUT2D eigenvalue weighted by atomic mass is 16.6. The Bertz CT molecular complexity index is 1470. The molecule has 0 aromatic heterocycles. The van der Waals surface area contributed by atoms with Gasteiger partial charge in [-0.15, -0.1) is 0 Å². The molecule has 0 aliphatic rings. The molecule has 6 nitrogen and oxygen atoms in total. The van der Waals surface area contributed by atoms with Crippen molar-refractivity contribution in [1.29, 1.82) is 0 Å². The highest BCUT2D eigenvalue weighted by Crippen LogP contribution is 2.17. The molecule has 0 radical (unpaired) electrons. The average Bonchev–Trinajstić information content (AvgIpc) is 3.46. The van der Waals surface area contributed by atoms with Crippen LogP contribution in [-0.4, -0.2) is 37.2 Å². The summed E-state index contributed by atoms with van der Waals surface area (Å²) in [6, 6.07) is 0. The first kappa shape index (κ1) is 76.9. The van der Waals surface area contributed by atoms with E-state index in [0.717, 1.165) is 89.9 Å². The maximum Gasteiger partial charge on any atom is 0.306 e. The summed E-state index contributed by atoms with van der Waals surface area (Å²) in [5.41, 5.74) is 0. The lowest BCUT2D eigenvalue weighted by Gasteiger charge is -2.18. The number of hydrogen-bond donors (Lipinski definition) is 0. The molecule has 0 bridgehead atoms. The molecule has 0 aromatic rings. The zero-order chi connectivity index (χ0) is 57.8. The van der Waals surface area contributed by atoms with Crippen LogP contribution < -0.4 is 0 Å². The predicted octanol–water partition coefficient (Wildman–Crippen LogP) is 24.1. The third-order valence-corrected chi connectivity index (χ3v) is 15.4. The van der Waals surface area contributed by atoms with E-state index >= 15 is 0 Å². The minimum atomic E-state index is -0.784. The molecule has 0 amide bonds. The molecule has 1 unspecified atom stereocenters. The van der Waals surface area contributed by atoms with Crippen LogP contribution in [0.2, 0.25) is 0 Å². The van der Waals surface area contributed by atoms with Crippen LogP contribution in [0.1, 0.15) is 361 Å². The van der Waals surface area contributed by atoms with Crippen molar-refractivity contribution in [2.75, 3.05) is 13.2 Å². The SMILES string of the molecule is CCCC/C=C\C/C=C\CCCCCCCC(=O)OCC(COC(=O)CCCCCCCCCCCCCCC/C=C\C/C=C\CCCCCCC)OC(=O)CCCCCCCCCCCCC/C=C\C/C=C\CCCCCCC. The van der Waals surface area contributed by atoms with Crippen molar-refractivity contribution in [3.8, 4) is 0 Å². The maximum atomic E-state index is 13.0. The van der Waals surface area contributed by atoms with E-state index < -0.39 is 6.10 Å². The van der Waals surface area contributed by atoms with E-state index in [1.165, 1.54) is 231 Å². The molecule has 0 rings (SSSR count). The first-order valence-corrected chi connectivity index (χ1v) is 34.9. The van der Waals surface area contributed by atoms with Gasteiger partial charge in [-0.1, -0.05) is 306 Å². The van der Waals surface area contributed by atoms with Crippen molar-refractivity contribution < 1.29 is 28.6 Å². The number of hydrogen-bond acceptors (Lipinski definition) is 6. The first-order chi connectivity index (χ1) is 39.5. The van der Waals surface area contributed by atoms with Crippen LogP contribution in [0.4, 0.5) is 0 Å². The van der Waals surface area contributed by atoms with Crippen molar-refractivity contribution in [1.82, 2.24) is 0 Å². The van der Waals surface area contributed by atoms with E-state index in [1.807, 2.05) is 0 Å². The van der Waals surface area contributed by atoms with Gasteiger partial charge in [0.2, 0.25) is 0 Å². The highest BCUT2D eigenvalue weighted by Gasteiger charge is 2.19. The minimum absolute atomic E-state index is 0.0789. The van der Waals surface area contributed by atoms with Crippen molar-refractivity contribution in [2.24, 2.45) is 0 Å². The predicted molar refractivity (Wildman–Crippen MR) is 348 cm³/mol. The van der Waals surface area contributed by atoms with Gasteiger partial charge < -0.3 is 14.2 Å². The molecule has 0 aliphatic heterocycles. The number of allylic oxidation sites excluding steroid dienone is 12. The van der Waals surface area contributed by atoms with Crippen molar-refractivity contribution in [2.45, 2.75) is 367 Å². The lowest BCUT2D eigenvalue weighted by atomic mass is 10.0. The summed E-state index contributed by atoms with van der Waals surface area (Å²) < 4.78 is 17.0. The van der Waals surface area contributed by atoms with Gasteiger partial charge in [0.1, 0.15) is 13.2 Å². The summed E-state index contributed by atoms with van der Waals surface area (Å²) in [6.07, 6.45) is 89.2. The van der Waals surface area contributed by atoms with E-state index in [1.54, 1.807) is 0 Å². The van der Waals surface area contributed by atoms with Gasteiger partial charge in [-0.05, 0) is 109 Å². The Morgan fingerprint density at radius 2 is 0.463 bits per heavy atom. The van der Waals surface area contributed by atoms with Crippen LogP contribution in [0.3, 0.4) is 0 Å². The molecule has 6 heteroatoms. The number of esters is 3. The second kappa shape index (κ2) is 68.3. The van der Waals surface area contributed by atoms with Crippen molar-refractivity contribution in [3.05, 3.63) is 72.9 Å². The fraction of sp³-hybridized carbons (Fsp3) is 0.797. The number of carbonyl (C=O) groups excluding carboxylic acids is 3. The van der Waals surface area contributed by atoms with Gasteiger partial charge in [-0.3, -0.25) is 14.4 Å². The molecule has 464 valence electrons. The van der Waals surface area contributed by atoms with Crippen LogP contribution >= 0.6 is 0 Å². The van der Waals surface area contributed by atoms with Gasteiger partial charge in [0.15, 0.2) is 6.10 Å². The molecular formula is C74H132O6. The molecule has 1 atom stereocenters. The maximum absolute atomic E-state index is 13.0. The van der Waals surface area contributed by atoms with Crippen molar-refractivity contribution in [3.63, 3.8) is 0 Å². The molecule has 80 heavy (non-hydrogen) atoms. The monoisotopic (exact) mass is 1120 g/mol. The van der Waals surface area contributed by atoms with Gasteiger partial charge in [0.25, 0.3) is 0 Å². The van der Waals surface area contributed by atoms with Gasteiger partial charge in [-0.2, -0.15) is 0 Å². The normalized spacial score (nSPS) is 12.5. The summed E-state index contributed by atoms with van der Waals surface area (Å²) in [7, 11) is 0. The second-order valence-electron chi connectivity index (χ2n) is 23.4. The quantitative estimate of drug-likeness (QED) is 0.0261. The van der Waals surface area contributed by atoms with E-state index in [9.17, 15) is 14.4 Å². The number of unbranched alkanes of at least 4 members (excludes halogenated alkanes) is 41. The second-order valence-corrected chi connectivity index (χ2v) is 23.4. The van der Waals surface area contributed by atoms with E-state index in [4.69, 9.17) is 14.2 Å². The van der Waals surface area contributed by atoms with Gasteiger partial charge in [0, 0.05) is 19.3 Å². The van der Waals surface area contributed by atoms with Crippen LogP contribution in [0.25, 0.3) is 0 Å². The summed E-state index contributed by atoms with van der Waals surface area (Å²) >= 11 is 0. The van der Waals surface area contributed by atoms with E-state index in [-0.39, 0.29) is 31.1 Å². The van der Waals surface area contributed by atoms with Crippen molar-refractivity contribution >= 4 is 17.9 Å². The topological polar surface area (TPSA) is 78.9 Å². The summed E-state index contributed by atoms with van der Waals surface area (Å²) in [5, 5.41) is 0. The van der Waals surface area contributed by atoms with Crippen LogP contribution in [0.15, 0.2) is 72.9 Å². The van der Waals surface area contributed by atoms with E-state index in [2.05, 4.69) is 93.7 Å². The fourth-order valence-electron chi connectivity index (χ4n) is 10.1. The van der Waals surface area contributed by atoms with Crippen LogP contribution in [0, 0.1) is 0 Å². The van der Waals surface area contributed by atoms with E-state index in [0.29, 0.717) is 19.3 Å². The fourth-order valence-corrected chi connectivity index (χ4v) is 10.1. The van der Waals surface area contributed by atoms with Crippen LogP contribution in [-0.2, 0) is 28.6 Å². The zero-order valence-electron chi connectivity index (χ0n) is 53.3. The third-order valence-electron chi connectivity index (χ3n) is 15.4. The third kappa shape index (κ3) is 65.7. The average molecular weight is 1120 g/mol. The standard InChI is InChI=1S/C74H132O6/c1-4-7-10-13-16-19-22-25-28-30-32-34-36-37-39-40-42-44-46-49-52-55-58-61-64-67-73(76)79-70-71(69-78-72(75)66-63-60-57-54-51-48-27-24-21-18-15-12-9-6-3)80-74(77)68-65-62-59-56-53-50-47-45-43-41-38-35-33-31-29-26-23-20-17-14-11-8-5-2/h15,18,22-27,30-33,71H,4-14,16-17,19-21,28-29,34-70H2,1-3H3/b18-15-,25-22-,26-23-,27-24-,32-30-,33-31-. The Kier molecular flexibility index (Phi) is 65.7. The number of carbonyl (C=O) groups is 3. The lowest BCUT2D eigenvalue weighted by molar-refractivity contribution is -0.167. The molecule has 0 spiro atoms. The Hall–Kier alpha value is -3.15. The number of rotatable bonds is 64. The molecule has 0 fully saturated rings. The summed E-state index contributed by atoms with van der Waals surface area (Å²) in [6.45, 7) is 6.61. The van der Waals surface area contributed by atoms with Gasteiger partial charge >= 0.3 is 17.9 Å². The first-order valence-electron chi connectivity index (χ1n) is 34.9. The number of ether oxygens (including phenoxy) is 3. The van der Waals surface area contributed by atoms with Gasteiger partial charge in [0.05, 0.1) is 0 Å². The molecule has 0 heterocycles. The Morgan fingerprint density at radius 3 is 0.725 bits per heavy atom. The van der Waals surface area contributed by atoms with Gasteiger partial charge in [-0.25, -0.2) is 0 Å². The molecule has 0 aliphatic carbocycles. The Morgan fingerprint density at radius 1 is 0.250 bits per heavy atom. The van der Waals surface area contributed by atoms with Crippen LogP contribution in [0.5, 0.6) is 0 Å². The highest BCUT2D eigenvalue weighted by molar-refractivity contribution is 5.71. The molecule has 0 N–H and O–H groups in total. The largest absolute Gasteiger partial charge is 0.462 e. The Balaban J connectivity index is 4.30. The summed E-state index contributed by atoms with van der Waals surface area (Å²) in [4.78, 5) is 38.4. The minimum Gasteiger partial charge on any atom is -0.462 e. The molecule has 0 saturated carbocycles. The molecule has 0 saturated heterocycles. The molecule has 0 aromatic carbocycles. The zero-order valence-corrected chi connectivity index (χ0v) is 53.3. The Labute approximate surface area is 497 Å². The molecular weight excluding hydrogens is 985 g/mol.